The lowest BCUT2D eigenvalue weighted by Crippen LogP contribution is -2.49. The van der Waals surface area contributed by atoms with E-state index in [1.54, 1.807) is 12.3 Å². The van der Waals surface area contributed by atoms with Gasteiger partial charge < -0.3 is 14.7 Å². The third-order valence-corrected chi connectivity index (χ3v) is 3.74. The Kier molecular flexibility index (Phi) is 3.65. The van der Waals surface area contributed by atoms with Crippen LogP contribution in [0.5, 0.6) is 0 Å². The van der Waals surface area contributed by atoms with Gasteiger partial charge in [-0.05, 0) is 31.2 Å². The first-order chi connectivity index (χ1) is 10.6. The monoisotopic (exact) mass is 297 g/mol. The predicted molar refractivity (Wildman–Crippen MR) is 80.6 cm³/mol. The molecule has 1 saturated heterocycles. The average molecular weight is 297 g/mol. The zero-order valence-corrected chi connectivity index (χ0v) is 12.1. The number of morpholine rings is 1. The zero-order chi connectivity index (χ0) is 15.7. The topological polar surface area (TPSA) is 86.5 Å². The summed E-state index contributed by atoms with van der Waals surface area (Å²) in [5.41, 5.74) is 2.02. The van der Waals surface area contributed by atoms with Crippen LogP contribution in [0.3, 0.4) is 0 Å². The number of ether oxygens (including phenoxy) is 1. The quantitative estimate of drug-likeness (QED) is 0.909. The Morgan fingerprint density at radius 1 is 1.45 bits per heavy atom. The minimum Gasteiger partial charge on any atom is -0.479 e. The van der Waals surface area contributed by atoms with E-state index >= 15 is 0 Å². The van der Waals surface area contributed by atoms with Crippen molar-refractivity contribution >= 4 is 22.6 Å². The Morgan fingerprint density at radius 2 is 2.27 bits per heavy atom. The molecule has 0 unspecified atom stereocenters. The van der Waals surface area contributed by atoms with Gasteiger partial charge in [0.15, 0.2) is 6.10 Å². The van der Waals surface area contributed by atoms with Gasteiger partial charge in [0.25, 0.3) is 0 Å². The molecule has 0 bridgehead atoms. The predicted octanol–water partition coefficient (Wildman–Crippen LogP) is 1.78. The molecule has 1 fully saturated rings. The third kappa shape index (κ3) is 2.47. The number of carboxylic acids is 1. The van der Waals surface area contributed by atoms with Gasteiger partial charge in [-0.1, -0.05) is 0 Å². The summed E-state index contributed by atoms with van der Waals surface area (Å²) in [6, 6.07) is 9.41. The van der Waals surface area contributed by atoms with Crippen molar-refractivity contribution in [3.05, 3.63) is 36.0 Å². The molecule has 1 aliphatic heterocycles. The molecule has 112 valence electrons. The van der Waals surface area contributed by atoms with E-state index in [-0.39, 0.29) is 12.6 Å². The number of carboxylic acid groups (broad SMARTS) is 1. The zero-order valence-electron chi connectivity index (χ0n) is 12.1. The molecule has 0 spiro atoms. The average Bonchev–Trinajstić information content (AvgIpc) is 2.53. The normalized spacial score (nSPS) is 21.5. The van der Waals surface area contributed by atoms with Crippen molar-refractivity contribution in [1.29, 1.82) is 5.26 Å². The van der Waals surface area contributed by atoms with E-state index in [0.717, 1.165) is 11.1 Å². The molecule has 3 rings (SSSR count). The number of aliphatic carboxylic acids is 1. The summed E-state index contributed by atoms with van der Waals surface area (Å²) in [7, 11) is 0. The van der Waals surface area contributed by atoms with Crippen LogP contribution in [0.1, 0.15) is 12.5 Å². The highest BCUT2D eigenvalue weighted by Gasteiger charge is 2.31. The summed E-state index contributed by atoms with van der Waals surface area (Å²) in [5, 5.41) is 19.2. The molecule has 1 aromatic carbocycles. The van der Waals surface area contributed by atoms with Crippen molar-refractivity contribution < 1.29 is 14.6 Å². The van der Waals surface area contributed by atoms with E-state index in [4.69, 9.17) is 4.74 Å². The van der Waals surface area contributed by atoms with Crippen molar-refractivity contribution in [2.24, 2.45) is 0 Å². The fraction of sp³-hybridized carbons (Fsp3) is 0.312. The Morgan fingerprint density at radius 3 is 3.00 bits per heavy atom. The molecule has 2 heterocycles. The molecule has 0 radical (unpaired) electrons. The van der Waals surface area contributed by atoms with Gasteiger partial charge in [0.1, 0.15) is 6.07 Å². The lowest BCUT2D eigenvalue weighted by molar-refractivity contribution is -0.154. The molecular formula is C16H15N3O3. The van der Waals surface area contributed by atoms with Crippen LogP contribution in [0.15, 0.2) is 30.5 Å². The smallest absolute Gasteiger partial charge is 0.334 e. The SMILES string of the molecule is C[C@@H]1CN(c2ccc(C#N)c3ncccc23)C[C@H](C(=O)O)O1. The van der Waals surface area contributed by atoms with Crippen LogP contribution in [-0.4, -0.2) is 41.4 Å². The molecule has 0 saturated carbocycles. The Labute approximate surface area is 127 Å². The first-order valence-electron chi connectivity index (χ1n) is 7.01. The van der Waals surface area contributed by atoms with Gasteiger partial charge in [-0.2, -0.15) is 5.26 Å². The van der Waals surface area contributed by atoms with Crippen molar-refractivity contribution in [3.8, 4) is 6.07 Å². The summed E-state index contributed by atoms with van der Waals surface area (Å²) in [6.45, 7) is 2.72. The number of aromatic nitrogens is 1. The maximum absolute atomic E-state index is 11.2. The first-order valence-corrected chi connectivity index (χ1v) is 7.01. The highest BCUT2D eigenvalue weighted by atomic mass is 16.5. The third-order valence-electron chi connectivity index (χ3n) is 3.74. The van der Waals surface area contributed by atoms with Crippen molar-refractivity contribution in [2.75, 3.05) is 18.0 Å². The number of hydrogen-bond acceptors (Lipinski definition) is 5. The molecule has 2 atom stereocenters. The molecule has 0 amide bonds. The maximum Gasteiger partial charge on any atom is 0.334 e. The Bertz CT molecular complexity index is 769. The van der Waals surface area contributed by atoms with Crippen LogP contribution in [-0.2, 0) is 9.53 Å². The lowest BCUT2D eigenvalue weighted by atomic mass is 10.1. The van der Waals surface area contributed by atoms with E-state index in [2.05, 4.69) is 11.1 Å². The minimum atomic E-state index is -0.965. The molecule has 6 heteroatoms. The summed E-state index contributed by atoms with van der Waals surface area (Å²) in [5.74, 6) is -0.965. The summed E-state index contributed by atoms with van der Waals surface area (Å²) >= 11 is 0. The Hall–Kier alpha value is -2.65. The van der Waals surface area contributed by atoms with Crippen molar-refractivity contribution in [3.63, 3.8) is 0 Å². The van der Waals surface area contributed by atoms with Crippen LogP contribution < -0.4 is 4.90 Å². The van der Waals surface area contributed by atoms with Crippen LogP contribution in [0, 0.1) is 11.3 Å². The molecule has 6 nitrogen and oxygen atoms in total. The highest BCUT2D eigenvalue weighted by Crippen LogP contribution is 2.30. The van der Waals surface area contributed by atoms with Crippen LogP contribution in [0.2, 0.25) is 0 Å². The Balaban J connectivity index is 2.07. The number of nitriles is 1. The number of hydrogen-bond donors (Lipinski definition) is 1. The van der Waals surface area contributed by atoms with Crippen molar-refractivity contribution in [2.45, 2.75) is 19.1 Å². The van der Waals surface area contributed by atoms with E-state index in [0.29, 0.717) is 17.6 Å². The number of rotatable bonds is 2. The van der Waals surface area contributed by atoms with Gasteiger partial charge in [0.05, 0.1) is 23.7 Å². The van der Waals surface area contributed by atoms with Crippen LogP contribution in [0.4, 0.5) is 5.69 Å². The lowest BCUT2D eigenvalue weighted by Gasteiger charge is -2.37. The summed E-state index contributed by atoms with van der Waals surface area (Å²) < 4.78 is 5.45. The number of anilines is 1. The molecule has 1 aromatic heterocycles. The second-order valence-corrected chi connectivity index (χ2v) is 5.32. The fourth-order valence-corrected chi connectivity index (χ4v) is 2.81. The molecule has 22 heavy (non-hydrogen) atoms. The maximum atomic E-state index is 11.2. The number of nitrogens with zero attached hydrogens (tertiary/aromatic N) is 3. The molecular weight excluding hydrogens is 282 g/mol. The van der Waals surface area contributed by atoms with Crippen LogP contribution >= 0.6 is 0 Å². The van der Waals surface area contributed by atoms with E-state index in [1.807, 2.05) is 30.0 Å². The summed E-state index contributed by atoms with van der Waals surface area (Å²) in [6.07, 6.45) is 0.609. The largest absolute Gasteiger partial charge is 0.479 e. The highest BCUT2D eigenvalue weighted by molar-refractivity contribution is 5.95. The fourth-order valence-electron chi connectivity index (χ4n) is 2.81. The number of pyridine rings is 1. The van der Waals surface area contributed by atoms with E-state index < -0.39 is 12.1 Å². The van der Waals surface area contributed by atoms with Gasteiger partial charge >= 0.3 is 5.97 Å². The van der Waals surface area contributed by atoms with Gasteiger partial charge in [0.2, 0.25) is 0 Å². The van der Waals surface area contributed by atoms with E-state index in [9.17, 15) is 15.2 Å². The number of carbonyl (C=O) groups is 1. The van der Waals surface area contributed by atoms with Gasteiger partial charge in [-0.15, -0.1) is 0 Å². The molecule has 1 N–H and O–H groups in total. The van der Waals surface area contributed by atoms with Crippen LogP contribution in [0.25, 0.3) is 10.9 Å². The molecule has 0 aliphatic carbocycles. The van der Waals surface area contributed by atoms with Gasteiger partial charge in [-0.3, -0.25) is 4.98 Å². The standard InChI is InChI=1S/C16H15N3O3/c1-10-8-19(9-14(22-10)16(20)21)13-5-4-11(7-17)15-12(13)3-2-6-18-15/h2-6,10,14H,8-9H2,1H3,(H,20,21)/t10-,14-/m1/s1. The molecule has 2 aromatic rings. The van der Waals surface area contributed by atoms with E-state index in [1.165, 1.54) is 0 Å². The summed E-state index contributed by atoms with van der Waals surface area (Å²) in [4.78, 5) is 17.5. The first kappa shape index (κ1) is 14.3. The number of benzene rings is 1. The minimum absolute atomic E-state index is 0.183. The molecule has 1 aliphatic rings. The second kappa shape index (κ2) is 5.62. The second-order valence-electron chi connectivity index (χ2n) is 5.32. The van der Waals surface area contributed by atoms with Crippen molar-refractivity contribution in [1.82, 2.24) is 4.98 Å². The van der Waals surface area contributed by atoms with Gasteiger partial charge in [0, 0.05) is 23.8 Å². The van der Waals surface area contributed by atoms with Gasteiger partial charge in [-0.25, -0.2) is 4.79 Å². The number of fused-ring (bicyclic) bond motifs is 1.